The van der Waals surface area contributed by atoms with E-state index in [2.05, 4.69) is 10.9 Å². The van der Waals surface area contributed by atoms with E-state index in [1.54, 1.807) is 60.7 Å². The number of nitrogens with one attached hydrogen (secondary N) is 2. The topological polar surface area (TPSA) is 151 Å². The second kappa shape index (κ2) is 11.6. The number of amides is 2. The molecule has 0 aromatic heterocycles. The molecule has 2 amide bonds. The number of carbonyl (C=O) groups is 2. The number of hydrogen-bond donors (Lipinski definition) is 2. The molecule has 2 N–H and O–H groups in total. The first-order valence-electron chi connectivity index (χ1n) is 9.55. The molecule has 0 spiro atoms. The van der Waals surface area contributed by atoms with Gasteiger partial charge >= 0.3 is 0 Å². The Hall–Kier alpha value is -4.74. The summed E-state index contributed by atoms with van der Waals surface area (Å²) in [6.45, 7) is 0. The van der Waals surface area contributed by atoms with Crippen molar-refractivity contribution in [2.45, 2.75) is 6.42 Å². The van der Waals surface area contributed by atoms with Gasteiger partial charge in [-0.15, -0.1) is 0 Å². The molecule has 0 aliphatic carbocycles. The molecule has 0 heterocycles. The Labute approximate surface area is 189 Å². The summed E-state index contributed by atoms with van der Waals surface area (Å²) in [6.07, 6.45) is 0.839. The molecule has 0 aliphatic heterocycles. The molecule has 33 heavy (non-hydrogen) atoms. The number of hydrazine groups is 2. The van der Waals surface area contributed by atoms with E-state index in [1.807, 2.05) is 0 Å². The van der Waals surface area contributed by atoms with Crippen molar-refractivity contribution in [2.24, 2.45) is 0 Å². The number of benzene rings is 2. The van der Waals surface area contributed by atoms with Crippen molar-refractivity contribution >= 4 is 23.2 Å². The maximum Gasteiger partial charge on any atom is 0.260 e. The van der Waals surface area contributed by atoms with Crippen LogP contribution in [0.25, 0.3) is 11.4 Å². The first-order chi connectivity index (χ1) is 15.7. The summed E-state index contributed by atoms with van der Waals surface area (Å²) in [4.78, 5) is 45.4. The predicted octanol–water partition coefficient (Wildman–Crippen LogP) is 1.85. The third kappa shape index (κ3) is 7.79. The summed E-state index contributed by atoms with van der Waals surface area (Å²) in [5.74, 6) is -1.49. The van der Waals surface area contributed by atoms with Crippen LogP contribution in [0.5, 0.6) is 0 Å². The van der Waals surface area contributed by atoms with Gasteiger partial charge in [0.05, 0.1) is 9.85 Å². The molecule has 0 aliphatic rings. The monoisotopic (exact) mass is 454 g/mol. The summed E-state index contributed by atoms with van der Waals surface area (Å²) in [5.41, 5.74) is 5.98. The van der Waals surface area contributed by atoms with E-state index < -0.39 is 28.1 Å². The fourth-order valence-corrected chi connectivity index (χ4v) is 2.85. The lowest BCUT2D eigenvalue weighted by Crippen LogP contribution is -2.43. The Bertz CT molecular complexity index is 986. The average molecular weight is 454 g/mol. The molecule has 0 radical (unpaired) electrons. The van der Waals surface area contributed by atoms with Gasteiger partial charge in [-0.05, 0) is 0 Å². The Morgan fingerprint density at radius 2 is 1.09 bits per heavy atom. The molecule has 0 saturated carbocycles. The molecule has 172 valence electrons. The maximum absolute atomic E-state index is 12.3. The predicted molar refractivity (Wildman–Crippen MR) is 119 cm³/mol. The summed E-state index contributed by atoms with van der Waals surface area (Å²) in [7, 11) is 2.80. The van der Waals surface area contributed by atoms with Gasteiger partial charge in [0.2, 0.25) is 11.8 Å². The maximum atomic E-state index is 12.3. The fourth-order valence-electron chi connectivity index (χ4n) is 2.85. The molecule has 0 atom stereocenters. The summed E-state index contributed by atoms with van der Waals surface area (Å²) in [6, 6.07) is 16.7. The van der Waals surface area contributed by atoms with Crippen molar-refractivity contribution in [2.75, 3.05) is 14.1 Å². The molecule has 12 nitrogen and oxygen atoms in total. The Morgan fingerprint density at radius 3 is 1.39 bits per heavy atom. The van der Waals surface area contributed by atoms with Gasteiger partial charge in [-0.3, -0.25) is 50.7 Å². The largest absolute Gasteiger partial charge is 0.282 e. The highest BCUT2D eigenvalue weighted by atomic mass is 16.6. The lowest BCUT2D eigenvalue weighted by atomic mass is 10.1. The normalized spacial score (nSPS) is 11.3. The quantitative estimate of drug-likeness (QED) is 0.314. The number of nitro groups is 2. The second-order valence-corrected chi connectivity index (χ2v) is 6.70. The lowest BCUT2D eigenvalue weighted by Gasteiger charge is -2.23. The third-order valence-corrected chi connectivity index (χ3v) is 4.22. The van der Waals surface area contributed by atoms with Crippen molar-refractivity contribution in [3.05, 3.63) is 104 Å². The number of hydrogen-bond acceptors (Lipinski definition) is 8. The Kier molecular flexibility index (Phi) is 8.62. The van der Waals surface area contributed by atoms with Crippen LogP contribution in [0.3, 0.4) is 0 Å². The number of carbonyl (C=O) groups excluding carboxylic acids is 2. The van der Waals surface area contributed by atoms with Crippen LogP contribution in [0.15, 0.2) is 73.1 Å². The van der Waals surface area contributed by atoms with E-state index in [9.17, 15) is 29.8 Å². The molecule has 0 fully saturated rings. The molecule has 12 heteroatoms. The minimum absolute atomic E-state index is 0.103. The standard InChI is InChI=1S/C21H22N6O6/c1-24(18(14-26(30)31)16-9-5-3-6-10-16)22-20(28)13-21(29)23-25(2)19(15-27(32)33)17-11-7-4-8-12-17/h3-12,14-15H,13H2,1-2H3,(H,22,28)(H,23,29)/b18-14+,19-15+. The minimum atomic E-state index is -0.743. The molecule has 2 aromatic carbocycles. The van der Waals surface area contributed by atoms with Crippen LogP contribution in [-0.2, 0) is 9.59 Å². The molecule has 2 rings (SSSR count). The number of rotatable bonds is 10. The van der Waals surface area contributed by atoms with Gasteiger partial charge in [-0.1, -0.05) is 60.7 Å². The van der Waals surface area contributed by atoms with Gasteiger partial charge in [-0.2, -0.15) is 0 Å². The molecule has 0 bridgehead atoms. The van der Waals surface area contributed by atoms with Crippen molar-refractivity contribution in [1.29, 1.82) is 0 Å². The summed E-state index contributed by atoms with van der Waals surface area (Å²) in [5, 5.41) is 24.3. The Morgan fingerprint density at radius 1 is 0.758 bits per heavy atom. The highest BCUT2D eigenvalue weighted by Crippen LogP contribution is 2.17. The van der Waals surface area contributed by atoms with Gasteiger partial charge in [0, 0.05) is 25.2 Å². The van der Waals surface area contributed by atoms with Gasteiger partial charge in [0.25, 0.3) is 12.4 Å². The van der Waals surface area contributed by atoms with Crippen LogP contribution in [0.4, 0.5) is 0 Å². The van der Waals surface area contributed by atoms with Crippen molar-refractivity contribution in [3.8, 4) is 0 Å². The minimum Gasteiger partial charge on any atom is -0.282 e. The van der Waals surface area contributed by atoms with E-state index in [0.717, 1.165) is 22.4 Å². The fraction of sp³-hybridized carbons (Fsp3) is 0.143. The third-order valence-electron chi connectivity index (χ3n) is 4.22. The molecule has 2 aromatic rings. The first-order valence-corrected chi connectivity index (χ1v) is 9.55. The van der Waals surface area contributed by atoms with Gasteiger partial charge < -0.3 is 0 Å². The van der Waals surface area contributed by atoms with Gasteiger partial charge in [-0.25, -0.2) is 0 Å². The van der Waals surface area contributed by atoms with E-state index in [4.69, 9.17) is 0 Å². The zero-order chi connectivity index (χ0) is 24.4. The van der Waals surface area contributed by atoms with E-state index in [0.29, 0.717) is 11.1 Å². The average Bonchev–Trinajstić information content (AvgIpc) is 2.76. The molecular weight excluding hydrogens is 432 g/mol. The number of nitrogens with zero attached hydrogens (tertiary/aromatic N) is 4. The van der Waals surface area contributed by atoms with E-state index in [1.165, 1.54) is 14.1 Å². The zero-order valence-corrected chi connectivity index (χ0v) is 17.9. The van der Waals surface area contributed by atoms with E-state index >= 15 is 0 Å². The van der Waals surface area contributed by atoms with Gasteiger partial charge in [0.1, 0.15) is 17.8 Å². The highest BCUT2D eigenvalue weighted by Gasteiger charge is 2.19. The van der Waals surface area contributed by atoms with Crippen LogP contribution in [0.1, 0.15) is 17.5 Å². The summed E-state index contributed by atoms with van der Waals surface area (Å²) >= 11 is 0. The molecule has 0 saturated heterocycles. The zero-order valence-electron chi connectivity index (χ0n) is 17.9. The molecular formula is C21H22N6O6. The first kappa shape index (κ1) is 24.5. The van der Waals surface area contributed by atoms with Crippen LogP contribution < -0.4 is 10.9 Å². The van der Waals surface area contributed by atoms with Crippen LogP contribution in [0.2, 0.25) is 0 Å². The van der Waals surface area contributed by atoms with Crippen LogP contribution in [-0.4, -0.2) is 45.8 Å². The van der Waals surface area contributed by atoms with Crippen molar-refractivity contribution < 1.29 is 19.4 Å². The highest BCUT2D eigenvalue weighted by molar-refractivity contribution is 5.97. The van der Waals surface area contributed by atoms with Crippen molar-refractivity contribution in [1.82, 2.24) is 20.9 Å². The summed E-state index contributed by atoms with van der Waals surface area (Å²) < 4.78 is 0. The van der Waals surface area contributed by atoms with Crippen LogP contribution >= 0.6 is 0 Å². The second-order valence-electron chi connectivity index (χ2n) is 6.70. The SMILES string of the molecule is CN(NC(=O)CC(=O)NN(C)/C(=C/[N+](=O)[O-])c1ccccc1)/C(=C/[N+](=O)[O-])c1ccccc1. The molecule has 0 unspecified atom stereocenters. The van der Waals surface area contributed by atoms with E-state index in [-0.39, 0.29) is 11.4 Å². The lowest BCUT2D eigenvalue weighted by molar-refractivity contribution is -0.402. The van der Waals surface area contributed by atoms with Crippen LogP contribution in [0, 0.1) is 20.2 Å². The van der Waals surface area contributed by atoms with Gasteiger partial charge in [0.15, 0.2) is 0 Å². The Balaban J connectivity index is 2.05. The van der Waals surface area contributed by atoms with Crippen molar-refractivity contribution in [3.63, 3.8) is 0 Å². The smallest absolute Gasteiger partial charge is 0.260 e.